The van der Waals surface area contributed by atoms with Crippen LogP contribution in [0.1, 0.15) is 5.56 Å². The Kier molecular flexibility index (Phi) is 8.19. The molecule has 0 aliphatic rings. The fourth-order valence-electron chi connectivity index (χ4n) is 3.09. The van der Waals surface area contributed by atoms with Crippen molar-refractivity contribution in [1.29, 1.82) is 0 Å². The van der Waals surface area contributed by atoms with Crippen LogP contribution in [0.3, 0.4) is 0 Å². The van der Waals surface area contributed by atoms with Gasteiger partial charge in [0.1, 0.15) is 24.7 Å². The van der Waals surface area contributed by atoms with Crippen LogP contribution in [0.15, 0.2) is 77.7 Å². The van der Waals surface area contributed by atoms with Crippen LogP contribution in [0, 0.1) is 6.92 Å². The van der Waals surface area contributed by atoms with E-state index in [-0.39, 0.29) is 24.6 Å². The van der Waals surface area contributed by atoms with Gasteiger partial charge in [-0.15, -0.1) is 0 Å². The van der Waals surface area contributed by atoms with Crippen LogP contribution in [-0.2, 0) is 14.8 Å². The van der Waals surface area contributed by atoms with Crippen molar-refractivity contribution in [3.8, 4) is 11.5 Å². The fraction of sp³-hybridized carbons (Fsp3) is 0.208. The average Bonchev–Trinajstić information content (AvgIpc) is 2.81. The maximum absolute atomic E-state index is 13.4. The minimum Gasteiger partial charge on any atom is -0.497 e. The zero-order valence-corrected chi connectivity index (χ0v) is 19.9. The lowest BCUT2D eigenvalue weighted by Gasteiger charge is -2.25. The van der Waals surface area contributed by atoms with E-state index >= 15 is 0 Å². The maximum atomic E-state index is 13.4. The minimum atomic E-state index is -4.00. The zero-order chi connectivity index (χ0) is 23.8. The van der Waals surface area contributed by atoms with Gasteiger partial charge in [-0.2, -0.15) is 0 Å². The second-order valence-electron chi connectivity index (χ2n) is 7.13. The molecule has 3 aromatic carbocycles. The van der Waals surface area contributed by atoms with Crippen molar-refractivity contribution in [2.45, 2.75) is 11.8 Å². The lowest BCUT2D eigenvalue weighted by molar-refractivity contribution is -0.119. The number of methoxy groups -OCH3 is 1. The molecule has 7 nitrogen and oxygen atoms in total. The van der Waals surface area contributed by atoms with Crippen LogP contribution in [0.2, 0.25) is 5.02 Å². The number of para-hydroxylation sites is 1. The highest BCUT2D eigenvalue weighted by Gasteiger charge is 2.28. The number of nitrogens with zero attached hydrogens (tertiary/aromatic N) is 1. The third-order valence-electron chi connectivity index (χ3n) is 4.83. The third-order valence-corrected chi connectivity index (χ3v) is 6.85. The van der Waals surface area contributed by atoms with Crippen molar-refractivity contribution < 1.29 is 22.7 Å². The molecule has 1 amide bonds. The molecular formula is C24H25ClN2O5S. The van der Waals surface area contributed by atoms with Gasteiger partial charge in [0.05, 0.1) is 24.2 Å². The predicted octanol–water partition coefficient (Wildman–Crippen LogP) is 4.05. The molecule has 0 heterocycles. The second-order valence-corrected chi connectivity index (χ2v) is 9.42. The molecular weight excluding hydrogens is 464 g/mol. The van der Waals surface area contributed by atoms with Gasteiger partial charge in [0.2, 0.25) is 5.91 Å². The number of anilines is 1. The highest BCUT2D eigenvalue weighted by molar-refractivity contribution is 7.92. The van der Waals surface area contributed by atoms with Gasteiger partial charge in [0.25, 0.3) is 10.0 Å². The van der Waals surface area contributed by atoms with E-state index in [1.54, 1.807) is 56.5 Å². The number of nitrogens with one attached hydrogen (secondary N) is 1. The summed E-state index contributed by atoms with van der Waals surface area (Å²) in [6.45, 7) is 1.86. The number of hydrogen-bond acceptors (Lipinski definition) is 5. The largest absolute Gasteiger partial charge is 0.497 e. The average molecular weight is 489 g/mol. The van der Waals surface area contributed by atoms with Crippen LogP contribution in [0.25, 0.3) is 0 Å². The molecule has 3 rings (SSSR count). The Bertz CT molecular complexity index is 1180. The molecule has 0 unspecified atom stereocenters. The number of hydrogen-bond donors (Lipinski definition) is 1. The van der Waals surface area contributed by atoms with E-state index in [9.17, 15) is 13.2 Å². The van der Waals surface area contributed by atoms with Gasteiger partial charge in [-0.1, -0.05) is 29.8 Å². The topological polar surface area (TPSA) is 84.9 Å². The Balaban J connectivity index is 1.68. The molecule has 33 heavy (non-hydrogen) atoms. The first kappa shape index (κ1) is 24.4. The molecule has 0 saturated heterocycles. The summed E-state index contributed by atoms with van der Waals surface area (Å²) in [5, 5.41) is 3.13. The van der Waals surface area contributed by atoms with Crippen molar-refractivity contribution in [2.75, 3.05) is 31.1 Å². The first-order valence-corrected chi connectivity index (χ1v) is 12.0. The molecule has 3 aromatic rings. The first-order valence-electron chi connectivity index (χ1n) is 10.2. The molecule has 0 radical (unpaired) electrons. The van der Waals surface area contributed by atoms with Gasteiger partial charge in [-0.25, -0.2) is 8.42 Å². The standard InChI is InChI=1S/C24H25ClN2O5S/c1-18-5-3-4-6-23(18)27(33(29,30)22-13-7-19(25)8-14-22)17-24(28)26-15-16-32-21-11-9-20(31-2)10-12-21/h3-14H,15-17H2,1-2H3,(H,26,28). The number of aryl methyl sites for hydroxylation is 1. The zero-order valence-electron chi connectivity index (χ0n) is 18.3. The SMILES string of the molecule is COc1ccc(OCCNC(=O)CN(c2ccccc2C)S(=O)(=O)c2ccc(Cl)cc2)cc1. The van der Waals surface area contributed by atoms with Crippen LogP contribution in [0.5, 0.6) is 11.5 Å². The molecule has 0 aliphatic carbocycles. The molecule has 1 N–H and O–H groups in total. The first-order chi connectivity index (χ1) is 15.8. The molecule has 0 saturated carbocycles. The number of rotatable bonds is 10. The van der Waals surface area contributed by atoms with Gasteiger partial charge in [0.15, 0.2) is 0 Å². The van der Waals surface area contributed by atoms with E-state index in [1.807, 2.05) is 6.07 Å². The number of amides is 1. The lowest BCUT2D eigenvalue weighted by Crippen LogP contribution is -2.42. The van der Waals surface area contributed by atoms with E-state index < -0.39 is 15.9 Å². The van der Waals surface area contributed by atoms with Crippen molar-refractivity contribution in [1.82, 2.24) is 5.32 Å². The van der Waals surface area contributed by atoms with E-state index in [0.717, 1.165) is 9.87 Å². The second kappa shape index (κ2) is 11.1. The molecule has 0 atom stereocenters. The van der Waals surface area contributed by atoms with Crippen LogP contribution in [-0.4, -0.2) is 41.1 Å². The molecule has 0 fully saturated rings. The summed E-state index contributed by atoms with van der Waals surface area (Å²) < 4.78 is 38.5. The summed E-state index contributed by atoms with van der Waals surface area (Å²) in [5.41, 5.74) is 1.16. The van der Waals surface area contributed by atoms with Gasteiger partial charge < -0.3 is 14.8 Å². The van der Waals surface area contributed by atoms with Crippen molar-refractivity contribution in [3.63, 3.8) is 0 Å². The number of carbonyl (C=O) groups is 1. The fourth-order valence-corrected chi connectivity index (χ4v) is 4.71. The van der Waals surface area contributed by atoms with Crippen LogP contribution < -0.4 is 19.1 Å². The van der Waals surface area contributed by atoms with Crippen molar-refractivity contribution in [2.24, 2.45) is 0 Å². The summed E-state index contributed by atoms with van der Waals surface area (Å²) in [4.78, 5) is 12.7. The van der Waals surface area contributed by atoms with E-state index in [0.29, 0.717) is 22.2 Å². The Labute approximate surface area is 198 Å². The number of benzene rings is 3. The predicted molar refractivity (Wildman–Crippen MR) is 129 cm³/mol. The van der Waals surface area contributed by atoms with Gasteiger partial charge in [-0.3, -0.25) is 9.10 Å². The lowest BCUT2D eigenvalue weighted by atomic mass is 10.2. The monoisotopic (exact) mass is 488 g/mol. The summed E-state index contributed by atoms with van der Waals surface area (Å²) >= 11 is 5.91. The Morgan fingerprint density at radius 3 is 2.24 bits per heavy atom. The van der Waals surface area contributed by atoms with Crippen LogP contribution >= 0.6 is 11.6 Å². The summed E-state index contributed by atoms with van der Waals surface area (Å²) in [7, 11) is -2.42. The summed E-state index contributed by atoms with van der Waals surface area (Å²) in [6, 6.07) is 19.9. The molecule has 0 aliphatic heterocycles. The Morgan fingerprint density at radius 1 is 0.970 bits per heavy atom. The molecule has 174 valence electrons. The normalized spacial score (nSPS) is 11.0. The molecule has 0 aromatic heterocycles. The van der Waals surface area contributed by atoms with E-state index in [1.165, 1.54) is 24.3 Å². The smallest absolute Gasteiger partial charge is 0.264 e. The van der Waals surface area contributed by atoms with Crippen molar-refractivity contribution in [3.05, 3.63) is 83.4 Å². The van der Waals surface area contributed by atoms with E-state index in [2.05, 4.69) is 5.32 Å². The Morgan fingerprint density at radius 2 is 1.61 bits per heavy atom. The highest BCUT2D eigenvalue weighted by atomic mass is 35.5. The van der Waals surface area contributed by atoms with E-state index in [4.69, 9.17) is 21.1 Å². The number of ether oxygens (including phenoxy) is 2. The highest BCUT2D eigenvalue weighted by Crippen LogP contribution is 2.27. The van der Waals surface area contributed by atoms with Crippen LogP contribution in [0.4, 0.5) is 5.69 Å². The summed E-state index contributed by atoms with van der Waals surface area (Å²) in [5.74, 6) is 0.903. The van der Waals surface area contributed by atoms with Gasteiger partial charge >= 0.3 is 0 Å². The summed E-state index contributed by atoms with van der Waals surface area (Å²) in [6.07, 6.45) is 0. The minimum absolute atomic E-state index is 0.0470. The quantitative estimate of drug-likeness (QED) is 0.435. The van der Waals surface area contributed by atoms with Crippen molar-refractivity contribution >= 4 is 33.2 Å². The number of carbonyl (C=O) groups excluding carboxylic acids is 1. The maximum Gasteiger partial charge on any atom is 0.264 e. The van der Waals surface area contributed by atoms with Gasteiger partial charge in [-0.05, 0) is 67.1 Å². The number of sulfonamides is 1. The van der Waals surface area contributed by atoms with Gasteiger partial charge in [0, 0.05) is 5.02 Å². The Hall–Kier alpha value is -3.23. The molecule has 0 bridgehead atoms. The number of halogens is 1. The third kappa shape index (κ3) is 6.40. The molecule has 0 spiro atoms. The molecule has 9 heteroatoms.